The molecule has 3 nitrogen and oxygen atoms in total. The van der Waals surface area contributed by atoms with E-state index in [-0.39, 0.29) is 11.8 Å². The molecule has 0 spiro atoms. The predicted molar refractivity (Wildman–Crippen MR) is 64.3 cm³/mol. The van der Waals surface area contributed by atoms with E-state index in [9.17, 15) is 5.11 Å². The lowest BCUT2D eigenvalue weighted by atomic mass is 10.1. The van der Waals surface area contributed by atoms with Crippen molar-refractivity contribution in [2.75, 3.05) is 0 Å². The zero-order chi connectivity index (χ0) is 12.0. The lowest BCUT2D eigenvalue weighted by molar-refractivity contribution is 0.453. The molecule has 4 heteroatoms. The van der Waals surface area contributed by atoms with Gasteiger partial charge in [0.25, 0.3) is 0 Å². The third-order valence-corrected chi connectivity index (χ3v) is 2.79. The summed E-state index contributed by atoms with van der Waals surface area (Å²) in [5.74, 6) is 0.114. The predicted octanol–water partition coefficient (Wildman–Crippen LogP) is 2.83. The van der Waals surface area contributed by atoms with E-state index < -0.39 is 0 Å². The average molecular weight is 239 g/mol. The van der Waals surface area contributed by atoms with Gasteiger partial charge < -0.3 is 10.4 Å². The van der Waals surface area contributed by atoms with E-state index in [0.29, 0.717) is 18.0 Å². The Morgan fingerprint density at radius 2 is 2.31 bits per heavy atom. The van der Waals surface area contributed by atoms with E-state index in [1.165, 1.54) is 0 Å². The fourth-order valence-electron chi connectivity index (χ4n) is 1.43. The highest BCUT2D eigenvalue weighted by molar-refractivity contribution is 6.32. The second-order valence-electron chi connectivity index (χ2n) is 3.60. The van der Waals surface area contributed by atoms with Crippen LogP contribution < -0.4 is 5.32 Å². The number of hydrogen-bond acceptors (Lipinski definition) is 3. The van der Waals surface area contributed by atoms with Crippen molar-refractivity contribution >= 4 is 11.6 Å². The second-order valence-corrected chi connectivity index (χ2v) is 4.00. The number of phenolic OH excluding ortho intramolecular Hbond substituents is 1. The lowest BCUT2D eigenvalue weighted by Gasteiger charge is -2.14. The average Bonchev–Trinajstić information content (AvgIpc) is 2.29. The molecule has 0 aliphatic carbocycles. The molecule has 1 rings (SSSR count). The van der Waals surface area contributed by atoms with Crippen LogP contribution in [0.15, 0.2) is 18.2 Å². The van der Waals surface area contributed by atoms with Gasteiger partial charge >= 0.3 is 0 Å². The van der Waals surface area contributed by atoms with Crippen molar-refractivity contribution in [3.63, 3.8) is 0 Å². The molecule has 0 aliphatic rings. The van der Waals surface area contributed by atoms with Crippen LogP contribution in [0.5, 0.6) is 5.75 Å². The van der Waals surface area contributed by atoms with Crippen molar-refractivity contribution < 1.29 is 5.11 Å². The molecule has 86 valence electrons. The van der Waals surface area contributed by atoms with Crippen LogP contribution in [-0.4, -0.2) is 11.1 Å². The molecule has 0 saturated heterocycles. The van der Waals surface area contributed by atoms with E-state index in [1.807, 2.05) is 13.0 Å². The minimum atomic E-state index is 0.114. The van der Waals surface area contributed by atoms with Crippen molar-refractivity contribution in [3.8, 4) is 11.8 Å². The number of nitrogens with zero attached hydrogens (tertiary/aromatic N) is 1. The Balaban J connectivity index is 2.60. The number of rotatable bonds is 5. The highest BCUT2D eigenvalue weighted by Crippen LogP contribution is 2.26. The maximum absolute atomic E-state index is 9.68. The maximum atomic E-state index is 9.68. The minimum absolute atomic E-state index is 0.114. The third-order valence-electron chi connectivity index (χ3n) is 2.48. The fraction of sp³-hybridized carbons (Fsp3) is 0.417. The normalized spacial score (nSPS) is 12.1. The molecule has 2 N–H and O–H groups in total. The summed E-state index contributed by atoms with van der Waals surface area (Å²) in [7, 11) is 0. The van der Waals surface area contributed by atoms with Crippen molar-refractivity contribution in [1.82, 2.24) is 5.32 Å². The summed E-state index contributed by atoms with van der Waals surface area (Å²) in [4.78, 5) is 0. The van der Waals surface area contributed by atoms with Crippen LogP contribution in [0.25, 0.3) is 0 Å². The SMILES string of the molecule is CCC(CC#N)NCc1cccc(Cl)c1O. The zero-order valence-corrected chi connectivity index (χ0v) is 9.96. The van der Waals surface area contributed by atoms with Gasteiger partial charge in [0.15, 0.2) is 0 Å². The van der Waals surface area contributed by atoms with Gasteiger partial charge in [-0.05, 0) is 12.5 Å². The number of aromatic hydroxyl groups is 1. The van der Waals surface area contributed by atoms with E-state index in [4.69, 9.17) is 16.9 Å². The lowest BCUT2D eigenvalue weighted by Crippen LogP contribution is -2.27. The minimum Gasteiger partial charge on any atom is -0.506 e. The number of nitriles is 1. The van der Waals surface area contributed by atoms with Gasteiger partial charge in [0.05, 0.1) is 17.5 Å². The first kappa shape index (κ1) is 12.8. The van der Waals surface area contributed by atoms with Crippen LogP contribution in [0.1, 0.15) is 25.3 Å². The second kappa shape index (κ2) is 6.37. The van der Waals surface area contributed by atoms with Gasteiger partial charge in [-0.15, -0.1) is 0 Å². The summed E-state index contributed by atoms with van der Waals surface area (Å²) >= 11 is 5.79. The maximum Gasteiger partial charge on any atom is 0.138 e. The summed E-state index contributed by atoms with van der Waals surface area (Å²) in [6, 6.07) is 7.54. The molecule has 0 radical (unpaired) electrons. The summed E-state index contributed by atoms with van der Waals surface area (Å²) in [6.07, 6.45) is 1.35. The van der Waals surface area contributed by atoms with Gasteiger partial charge in [-0.2, -0.15) is 5.26 Å². The number of benzene rings is 1. The van der Waals surface area contributed by atoms with Gasteiger partial charge in [0.1, 0.15) is 5.75 Å². The van der Waals surface area contributed by atoms with Gasteiger partial charge in [0.2, 0.25) is 0 Å². The van der Waals surface area contributed by atoms with E-state index >= 15 is 0 Å². The summed E-state index contributed by atoms with van der Waals surface area (Å²) in [6.45, 7) is 2.54. The highest BCUT2D eigenvalue weighted by atomic mass is 35.5. The van der Waals surface area contributed by atoms with Crippen LogP contribution in [0, 0.1) is 11.3 Å². The van der Waals surface area contributed by atoms with Crippen molar-refractivity contribution in [2.45, 2.75) is 32.4 Å². The number of para-hydroxylation sites is 1. The van der Waals surface area contributed by atoms with Crippen LogP contribution >= 0.6 is 11.6 Å². The molecule has 0 fully saturated rings. The zero-order valence-electron chi connectivity index (χ0n) is 9.20. The number of nitrogens with one attached hydrogen (secondary N) is 1. The molecule has 0 heterocycles. The number of hydrogen-bond donors (Lipinski definition) is 2. The number of halogens is 1. The molecule has 0 amide bonds. The molecule has 0 bridgehead atoms. The molecule has 0 aromatic heterocycles. The molecular formula is C12H15ClN2O. The Kier molecular flexibility index (Phi) is 5.10. The third kappa shape index (κ3) is 3.41. The Morgan fingerprint density at radius 1 is 1.56 bits per heavy atom. The van der Waals surface area contributed by atoms with Crippen molar-refractivity contribution in [3.05, 3.63) is 28.8 Å². The Bertz CT molecular complexity index is 387. The largest absolute Gasteiger partial charge is 0.506 e. The van der Waals surface area contributed by atoms with Gasteiger partial charge in [0, 0.05) is 18.2 Å². The quantitative estimate of drug-likeness (QED) is 0.830. The summed E-state index contributed by atoms with van der Waals surface area (Å²) in [5.41, 5.74) is 0.754. The summed E-state index contributed by atoms with van der Waals surface area (Å²) in [5, 5.41) is 21.8. The standard InChI is InChI=1S/C12H15ClN2O/c1-2-10(6-7-14)15-8-9-4-3-5-11(13)12(9)16/h3-5,10,15-16H,2,6,8H2,1H3. The van der Waals surface area contributed by atoms with Crippen LogP contribution in [0.4, 0.5) is 0 Å². The smallest absolute Gasteiger partial charge is 0.138 e. The monoisotopic (exact) mass is 238 g/mol. The van der Waals surface area contributed by atoms with Crippen LogP contribution in [0.2, 0.25) is 5.02 Å². The topological polar surface area (TPSA) is 56.0 Å². The van der Waals surface area contributed by atoms with Crippen LogP contribution in [-0.2, 0) is 6.54 Å². The molecule has 1 aromatic rings. The van der Waals surface area contributed by atoms with Gasteiger partial charge in [-0.1, -0.05) is 30.7 Å². The number of phenols is 1. The Hall–Kier alpha value is -1.24. The molecular weight excluding hydrogens is 224 g/mol. The Labute approximate surface area is 101 Å². The van der Waals surface area contributed by atoms with E-state index in [0.717, 1.165) is 12.0 Å². The van der Waals surface area contributed by atoms with Gasteiger partial charge in [-0.3, -0.25) is 0 Å². The first-order valence-corrected chi connectivity index (χ1v) is 5.63. The molecule has 16 heavy (non-hydrogen) atoms. The van der Waals surface area contributed by atoms with Gasteiger partial charge in [-0.25, -0.2) is 0 Å². The van der Waals surface area contributed by atoms with Crippen molar-refractivity contribution in [2.24, 2.45) is 0 Å². The molecule has 1 atom stereocenters. The molecule has 0 saturated carbocycles. The van der Waals surface area contributed by atoms with Crippen LogP contribution in [0.3, 0.4) is 0 Å². The van der Waals surface area contributed by atoms with Crippen molar-refractivity contribution in [1.29, 1.82) is 5.26 Å². The van der Waals surface area contributed by atoms with E-state index in [2.05, 4.69) is 11.4 Å². The van der Waals surface area contributed by atoms with E-state index in [1.54, 1.807) is 12.1 Å². The summed E-state index contributed by atoms with van der Waals surface area (Å²) < 4.78 is 0. The molecule has 1 aromatic carbocycles. The molecule has 1 unspecified atom stereocenters. The Morgan fingerprint density at radius 3 is 2.94 bits per heavy atom. The first-order valence-electron chi connectivity index (χ1n) is 5.25. The highest BCUT2D eigenvalue weighted by Gasteiger charge is 2.08. The fourth-order valence-corrected chi connectivity index (χ4v) is 1.62. The molecule has 0 aliphatic heterocycles. The first-order chi connectivity index (χ1) is 7.69.